The van der Waals surface area contributed by atoms with Gasteiger partial charge in [0.05, 0.1) is 0 Å². The molecule has 2 aromatic carbocycles. The SMILES string of the molecule is Cc1cc(O)c(C2CC(C)(C)c3cc(C)c(C)cc3O2)cc1C. The highest BCUT2D eigenvalue weighted by molar-refractivity contribution is 5.49. The van der Waals surface area contributed by atoms with Crippen LogP contribution in [-0.2, 0) is 5.41 Å². The Morgan fingerprint density at radius 1 is 0.913 bits per heavy atom. The topological polar surface area (TPSA) is 29.5 Å². The molecule has 1 aliphatic heterocycles. The summed E-state index contributed by atoms with van der Waals surface area (Å²) in [6.07, 6.45) is 0.748. The lowest BCUT2D eigenvalue weighted by Gasteiger charge is -2.38. The lowest BCUT2D eigenvalue weighted by Crippen LogP contribution is -2.29. The first-order valence-electron chi connectivity index (χ1n) is 8.27. The minimum atomic E-state index is -0.112. The monoisotopic (exact) mass is 310 g/mol. The van der Waals surface area contributed by atoms with Crippen LogP contribution in [0.5, 0.6) is 11.5 Å². The Labute approximate surface area is 139 Å². The summed E-state index contributed by atoms with van der Waals surface area (Å²) in [4.78, 5) is 0. The summed E-state index contributed by atoms with van der Waals surface area (Å²) >= 11 is 0. The minimum Gasteiger partial charge on any atom is -0.508 e. The zero-order valence-electron chi connectivity index (χ0n) is 14.9. The van der Waals surface area contributed by atoms with Gasteiger partial charge in [0.2, 0.25) is 0 Å². The third-order valence-corrected chi connectivity index (χ3v) is 5.28. The lowest BCUT2D eigenvalue weighted by atomic mass is 9.75. The van der Waals surface area contributed by atoms with E-state index < -0.39 is 0 Å². The Kier molecular flexibility index (Phi) is 3.66. The molecule has 0 aliphatic carbocycles. The molecule has 2 heteroatoms. The summed E-state index contributed by atoms with van der Waals surface area (Å²) in [5.74, 6) is 1.29. The number of benzene rings is 2. The van der Waals surface area contributed by atoms with Crippen LogP contribution in [0, 0.1) is 27.7 Å². The molecule has 0 amide bonds. The predicted molar refractivity (Wildman–Crippen MR) is 94.5 cm³/mol. The standard InChI is InChI=1S/C21H26O2/c1-12-7-16(18(22)9-14(12)3)20-11-21(5,6)17-8-13(2)15(4)10-19(17)23-20/h7-10,20,22H,11H2,1-6H3. The molecule has 2 aromatic rings. The van der Waals surface area contributed by atoms with Crippen LogP contribution in [0.4, 0.5) is 0 Å². The number of aryl methyl sites for hydroxylation is 4. The molecule has 0 bridgehead atoms. The molecule has 3 rings (SSSR count). The quantitative estimate of drug-likeness (QED) is 0.761. The van der Waals surface area contributed by atoms with Crippen LogP contribution in [-0.4, -0.2) is 5.11 Å². The highest BCUT2D eigenvalue weighted by Gasteiger charge is 2.36. The molecule has 1 N–H and O–H groups in total. The molecule has 1 heterocycles. The maximum Gasteiger partial charge on any atom is 0.128 e. The second-order valence-corrected chi connectivity index (χ2v) is 7.62. The number of phenolic OH excluding ortho intramolecular Hbond substituents is 1. The van der Waals surface area contributed by atoms with Gasteiger partial charge in [-0.1, -0.05) is 19.9 Å². The molecule has 1 unspecified atom stereocenters. The average Bonchev–Trinajstić information content (AvgIpc) is 2.44. The summed E-state index contributed by atoms with van der Waals surface area (Å²) in [6, 6.07) is 8.30. The van der Waals surface area contributed by atoms with Crippen LogP contribution < -0.4 is 4.74 Å². The van der Waals surface area contributed by atoms with Gasteiger partial charge in [0.15, 0.2) is 0 Å². The molecule has 122 valence electrons. The van der Waals surface area contributed by atoms with Gasteiger partial charge >= 0.3 is 0 Å². The van der Waals surface area contributed by atoms with E-state index in [-0.39, 0.29) is 11.5 Å². The van der Waals surface area contributed by atoms with Crippen LogP contribution in [0.15, 0.2) is 24.3 Å². The van der Waals surface area contributed by atoms with E-state index in [0.29, 0.717) is 5.75 Å². The highest BCUT2D eigenvalue weighted by Crippen LogP contribution is 2.48. The molecule has 0 saturated heterocycles. The molecule has 1 atom stereocenters. The molecule has 23 heavy (non-hydrogen) atoms. The zero-order valence-corrected chi connectivity index (χ0v) is 14.9. The van der Waals surface area contributed by atoms with Crippen LogP contribution >= 0.6 is 0 Å². The van der Waals surface area contributed by atoms with Gasteiger partial charge in [-0.3, -0.25) is 0 Å². The largest absolute Gasteiger partial charge is 0.508 e. The maximum atomic E-state index is 10.4. The third kappa shape index (κ3) is 2.71. The Morgan fingerprint density at radius 3 is 2.17 bits per heavy atom. The summed E-state index contributed by atoms with van der Waals surface area (Å²) in [6.45, 7) is 12.9. The van der Waals surface area contributed by atoms with Crippen molar-refractivity contribution in [3.63, 3.8) is 0 Å². The molecule has 1 aliphatic rings. The third-order valence-electron chi connectivity index (χ3n) is 5.28. The lowest BCUT2D eigenvalue weighted by molar-refractivity contribution is 0.133. The number of aromatic hydroxyl groups is 1. The van der Waals surface area contributed by atoms with Crippen molar-refractivity contribution in [3.05, 3.63) is 57.6 Å². The van der Waals surface area contributed by atoms with Gasteiger partial charge in [0.25, 0.3) is 0 Å². The van der Waals surface area contributed by atoms with Crippen LogP contribution in [0.2, 0.25) is 0 Å². The van der Waals surface area contributed by atoms with Crippen LogP contribution in [0.1, 0.15) is 59.8 Å². The zero-order chi connectivity index (χ0) is 16.9. The van der Waals surface area contributed by atoms with Gasteiger partial charge in [-0.2, -0.15) is 0 Å². The maximum absolute atomic E-state index is 10.4. The molecule has 2 nitrogen and oxygen atoms in total. The number of phenols is 1. The van der Waals surface area contributed by atoms with E-state index in [0.717, 1.165) is 23.3 Å². The van der Waals surface area contributed by atoms with E-state index >= 15 is 0 Å². The summed E-state index contributed by atoms with van der Waals surface area (Å²) in [5.41, 5.74) is 7.00. The smallest absolute Gasteiger partial charge is 0.128 e. The van der Waals surface area contributed by atoms with Crippen molar-refractivity contribution in [2.24, 2.45) is 0 Å². The van der Waals surface area contributed by atoms with Gasteiger partial charge in [-0.05, 0) is 80.0 Å². The summed E-state index contributed by atoms with van der Waals surface area (Å²) in [7, 11) is 0. The van der Waals surface area contributed by atoms with E-state index in [9.17, 15) is 5.11 Å². The van der Waals surface area contributed by atoms with Crippen molar-refractivity contribution in [2.45, 2.75) is 59.5 Å². The molecule has 0 saturated carbocycles. The summed E-state index contributed by atoms with van der Waals surface area (Å²) < 4.78 is 6.31. The normalized spacial score (nSPS) is 19.1. The molecular weight excluding hydrogens is 284 g/mol. The molecule has 0 fully saturated rings. The molecule has 0 aromatic heterocycles. The van der Waals surface area contributed by atoms with Crippen LogP contribution in [0.3, 0.4) is 0 Å². The number of hydrogen-bond donors (Lipinski definition) is 1. The second kappa shape index (κ2) is 5.30. The Hall–Kier alpha value is -1.96. The number of fused-ring (bicyclic) bond motifs is 1. The number of hydrogen-bond acceptors (Lipinski definition) is 2. The second-order valence-electron chi connectivity index (χ2n) is 7.62. The first-order valence-corrected chi connectivity index (χ1v) is 8.27. The van der Waals surface area contributed by atoms with Crippen LogP contribution in [0.25, 0.3) is 0 Å². The first-order chi connectivity index (χ1) is 10.7. The highest BCUT2D eigenvalue weighted by atomic mass is 16.5. The van der Waals surface area contributed by atoms with Crippen molar-refractivity contribution >= 4 is 0 Å². The molecule has 0 spiro atoms. The fourth-order valence-electron chi connectivity index (χ4n) is 3.44. The van der Waals surface area contributed by atoms with Crippen molar-refractivity contribution in [1.82, 2.24) is 0 Å². The number of ether oxygens (including phenoxy) is 1. The Morgan fingerprint density at radius 2 is 1.48 bits per heavy atom. The Bertz CT molecular complexity index is 772. The first kappa shape index (κ1) is 15.9. The van der Waals surface area contributed by atoms with Crippen molar-refractivity contribution in [1.29, 1.82) is 0 Å². The van der Waals surface area contributed by atoms with Gasteiger partial charge in [0, 0.05) is 11.1 Å². The van der Waals surface area contributed by atoms with E-state index in [1.807, 2.05) is 13.0 Å². The average molecular weight is 310 g/mol. The van der Waals surface area contributed by atoms with Gasteiger partial charge in [-0.25, -0.2) is 0 Å². The van der Waals surface area contributed by atoms with Gasteiger partial charge in [-0.15, -0.1) is 0 Å². The van der Waals surface area contributed by atoms with E-state index in [1.54, 1.807) is 0 Å². The van der Waals surface area contributed by atoms with Crippen molar-refractivity contribution in [2.75, 3.05) is 0 Å². The van der Waals surface area contributed by atoms with Crippen molar-refractivity contribution < 1.29 is 9.84 Å². The van der Waals surface area contributed by atoms with E-state index in [2.05, 4.69) is 52.8 Å². The van der Waals surface area contributed by atoms with Gasteiger partial charge < -0.3 is 9.84 Å². The number of rotatable bonds is 1. The molecule has 0 radical (unpaired) electrons. The summed E-state index contributed by atoms with van der Waals surface area (Å²) in [5, 5.41) is 10.4. The van der Waals surface area contributed by atoms with Gasteiger partial charge in [0.1, 0.15) is 17.6 Å². The minimum absolute atomic E-state index is 0.0158. The Balaban J connectivity index is 2.08. The van der Waals surface area contributed by atoms with E-state index in [1.165, 1.54) is 22.3 Å². The fourth-order valence-corrected chi connectivity index (χ4v) is 3.44. The van der Waals surface area contributed by atoms with E-state index in [4.69, 9.17) is 4.74 Å². The van der Waals surface area contributed by atoms with Crippen molar-refractivity contribution in [3.8, 4) is 11.5 Å². The predicted octanol–water partition coefficient (Wildman–Crippen LogP) is 5.43. The molecular formula is C21H26O2. The fraction of sp³-hybridized carbons (Fsp3) is 0.429.